The summed E-state index contributed by atoms with van der Waals surface area (Å²) in [6.07, 6.45) is 2.57. The Kier molecular flexibility index (Phi) is 7.55. The minimum absolute atomic E-state index is 0.104. The number of hydrogen-bond donors (Lipinski definition) is 2. The number of aliphatic hydroxyl groups excluding tert-OH is 1. The van der Waals surface area contributed by atoms with E-state index in [1.54, 1.807) is 30.1 Å². The van der Waals surface area contributed by atoms with Crippen molar-refractivity contribution in [3.63, 3.8) is 0 Å². The lowest BCUT2D eigenvalue weighted by Crippen LogP contribution is -2.37. The van der Waals surface area contributed by atoms with Crippen LogP contribution in [0.3, 0.4) is 0 Å². The van der Waals surface area contributed by atoms with Gasteiger partial charge in [-0.1, -0.05) is 18.2 Å². The fraction of sp³-hybridized carbons (Fsp3) is 0.250. The summed E-state index contributed by atoms with van der Waals surface area (Å²) in [4.78, 5) is 51.7. The molecular weight excluding hydrogens is 534 g/mol. The molecule has 0 saturated carbocycles. The summed E-state index contributed by atoms with van der Waals surface area (Å²) in [6, 6.07) is 11.8. The van der Waals surface area contributed by atoms with Gasteiger partial charge in [0.05, 0.1) is 41.4 Å². The molecule has 212 valence electrons. The van der Waals surface area contributed by atoms with Crippen molar-refractivity contribution in [1.82, 2.24) is 19.4 Å². The van der Waals surface area contributed by atoms with Crippen LogP contribution in [-0.2, 0) is 33.2 Å². The summed E-state index contributed by atoms with van der Waals surface area (Å²) in [7, 11) is 3.53. The molecule has 0 spiro atoms. The lowest BCUT2D eigenvalue weighted by molar-refractivity contribution is -0.384. The molecule has 13 heteroatoms. The number of alkyl carbamates (subject to hydrolysis) is 1. The molecule has 0 aliphatic carbocycles. The average molecular weight is 562 g/mol. The topological polar surface area (TPSA) is 158 Å². The van der Waals surface area contributed by atoms with Gasteiger partial charge >= 0.3 is 6.09 Å². The number of para-hydroxylation sites is 1. The van der Waals surface area contributed by atoms with Crippen LogP contribution in [-0.4, -0.2) is 75.1 Å². The third kappa shape index (κ3) is 5.03. The van der Waals surface area contributed by atoms with E-state index in [0.717, 1.165) is 15.8 Å². The number of aliphatic hydroxyl groups is 1. The number of nitro benzene ring substituents is 1. The highest BCUT2D eigenvalue weighted by Crippen LogP contribution is 2.41. The average Bonchev–Trinajstić information content (AvgIpc) is 3.55. The molecule has 0 unspecified atom stereocenters. The lowest BCUT2D eigenvalue weighted by Gasteiger charge is -2.15. The number of non-ortho nitro benzene ring substituents is 1. The zero-order chi connectivity index (χ0) is 29.3. The molecule has 1 aliphatic rings. The largest absolute Gasteiger partial charge is 0.428 e. The first-order chi connectivity index (χ1) is 19.7. The Labute approximate surface area is 233 Å². The number of carbonyl (C=O) groups excluding carboxylic acids is 3. The van der Waals surface area contributed by atoms with E-state index in [4.69, 9.17) is 14.6 Å². The number of amides is 3. The Bertz CT molecular complexity index is 1730. The number of aromatic nitrogens is 2. The fourth-order valence-corrected chi connectivity index (χ4v) is 4.99. The Morgan fingerprint density at radius 3 is 2.24 bits per heavy atom. The number of rotatable bonds is 10. The van der Waals surface area contributed by atoms with E-state index >= 15 is 0 Å². The van der Waals surface area contributed by atoms with Gasteiger partial charge in [-0.15, -0.1) is 0 Å². The summed E-state index contributed by atoms with van der Waals surface area (Å²) >= 11 is 0. The number of nitrogens with one attached hydrogen (secondary N) is 1. The van der Waals surface area contributed by atoms with E-state index in [1.165, 1.54) is 12.1 Å². The summed E-state index contributed by atoms with van der Waals surface area (Å²) in [5.74, 6) is -1.30. The predicted octanol–water partition coefficient (Wildman–Crippen LogP) is 2.55. The number of ether oxygens (including phenoxy) is 2. The highest BCUT2D eigenvalue weighted by atomic mass is 16.6. The van der Waals surface area contributed by atoms with Crippen LogP contribution in [0.4, 0.5) is 10.5 Å². The Morgan fingerprint density at radius 2 is 1.59 bits per heavy atom. The van der Waals surface area contributed by atoms with Crippen molar-refractivity contribution in [2.24, 2.45) is 14.1 Å². The van der Waals surface area contributed by atoms with Crippen LogP contribution >= 0.6 is 0 Å². The quantitative estimate of drug-likeness (QED) is 0.129. The van der Waals surface area contributed by atoms with Gasteiger partial charge in [-0.25, -0.2) is 9.69 Å². The van der Waals surface area contributed by atoms with Gasteiger partial charge in [0.2, 0.25) is 0 Å². The predicted molar refractivity (Wildman–Crippen MR) is 148 cm³/mol. The van der Waals surface area contributed by atoms with Gasteiger partial charge in [-0.2, -0.15) is 0 Å². The SMILES string of the molecule is Cn1cc(C2=C(c3cn(C)c4cc([N+](=O)[O-])ccc34)C(=O)N(COC(=O)NCCOCCO)C2=O)c2ccccc21. The molecule has 13 nitrogen and oxygen atoms in total. The van der Waals surface area contributed by atoms with Crippen molar-refractivity contribution >= 4 is 56.5 Å². The van der Waals surface area contributed by atoms with Gasteiger partial charge in [0.25, 0.3) is 17.5 Å². The molecule has 4 aromatic rings. The number of nitrogens with zero attached hydrogens (tertiary/aromatic N) is 4. The zero-order valence-corrected chi connectivity index (χ0v) is 22.3. The molecule has 3 heterocycles. The highest BCUT2D eigenvalue weighted by Gasteiger charge is 2.42. The Hall–Kier alpha value is -5.01. The molecule has 0 fully saturated rings. The van der Waals surface area contributed by atoms with E-state index in [-0.39, 0.29) is 43.2 Å². The number of aryl methyl sites for hydroxylation is 2. The van der Waals surface area contributed by atoms with Crippen molar-refractivity contribution in [2.75, 3.05) is 33.1 Å². The van der Waals surface area contributed by atoms with Crippen LogP contribution in [0, 0.1) is 10.1 Å². The van der Waals surface area contributed by atoms with Crippen LogP contribution in [0.5, 0.6) is 0 Å². The number of nitro groups is 1. The van der Waals surface area contributed by atoms with E-state index < -0.39 is 29.6 Å². The van der Waals surface area contributed by atoms with E-state index in [2.05, 4.69) is 5.32 Å². The zero-order valence-electron chi connectivity index (χ0n) is 22.3. The minimum Gasteiger partial charge on any atom is -0.428 e. The smallest absolute Gasteiger partial charge is 0.408 e. The van der Waals surface area contributed by atoms with Crippen molar-refractivity contribution in [1.29, 1.82) is 0 Å². The normalized spacial score (nSPS) is 13.6. The van der Waals surface area contributed by atoms with Crippen LogP contribution in [0.2, 0.25) is 0 Å². The third-order valence-corrected chi connectivity index (χ3v) is 6.86. The lowest BCUT2D eigenvalue weighted by atomic mass is 9.95. The molecule has 2 aromatic heterocycles. The van der Waals surface area contributed by atoms with E-state index in [0.29, 0.717) is 22.0 Å². The fourth-order valence-electron chi connectivity index (χ4n) is 4.99. The number of carbonyl (C=O) groups is 3. The first-order valence-electron chi connectivity index (χ1n) is 12.7. The monoisotopic (exact) mass is 561 g/mol. The van der Waals surface area contributed by atoms with Gasteiger partial charge in [0.1, 0.15) is 0 Å². The first kappa shape index (κ1) is 27.6. The second-order valence-corrected chi connectivity index (χ2v) is 9.40. The maximum Gasteiger partial charge on any atom is 0.408 e. The van der Waals surface area contributed by atoms with Crippen LogP contribution < -0.4 is 5.32 Å². The molecule has 2 N–H and O–H groups in total. The van der Waals surface area contributed by atoms with Gasteiger partial charge < -0.3 is 29.0 Å². The van der Waals surface area contributed by atoms with Crippen molar-refractivity contribution < 1.29 is 33.9 Å². The van der Waals surface area contributed by atoms with Crippen LogP contribution in [0.1, 0.15) is 11.1 Å². The second kappa shape index (κ2) is 11.2. The first-order valence-corrected chi connectivity index (χ1v) is 12.7. The van der Waals surface area contributed by atoms with Crippen molar-refractivity contribution in [2.45, 2.75) is 0 Å². The molecule has 2 aromatic carbocycles. The molecule has 0 saturated heterocycles. The molecule has 41 heavy (non-hydrogen) atoms. The maximum absolute atomic E-state index is 13.9. The van der Waals surface area contributed by atoms with Crippen molar-refractivity contribution in [3.05, 3.63) is 76.1 Å². The summed E-state index contributed by atoms with van der Waals surface area (Å²) in [6.45, 7) is -0.401. The number of imide groups is 1. The van der Waals surface area contributed by atoms with Gasteiger partial charge in [-0.3, -0.25) is 19.7 Å². The Balaban J connectivity index is 1.55. The molecule has 3 amide bonds. The van der Waals surface area contributed by atoms with Gasteiger partial charge in [0, 0.05) is 72.6 Å². The second-order valence-electron chi connectivity index (χ2n) is 9.40. The van der Waals surface area contributed by atoms with Crippen molar-refractivity contribution in [3.8, 4) is 0 Å². The summed E-state index contributed by atoms with van der Waals surface area (Å²) < 4.78 is 13.8. The highest BCUT2D eigenvalue weighted by molar-refractivity contribution is 6.50. The summed E-state index contributed by atoms with van der Waals surface area (Å²) in [5, 5.41) is 23.9. The molecule has 0 bridgehead atoms. The molecule has 5 rings (SSSR count). The third-order valence-electron chi connectivity index (χ3n) is 6.86. The molecule has 1 aliphatic heterocycles. The van der Waals surface area contributed by atoms with Crippen LogP contribution in [0.25, 0.3) is 33.0 Å². The minimum atomic E-state index is -0.851. The van der Waals surface area contributed by atoms with Crippen LogP contribution in [0.15, 0.2) is 54.9 Å². The Morgan fingerprint density at radius 1 is 0.951 bits per heavy atom. The molecule has 0 radical (unpaired) electrons. The number of fused-ring (bicyclic) bond motifs is 2. The molecular formula is C28H27N5O8. The summed E-state index contributed by atoms with van der Waals surface area (Å²) in [5.41, 5.74) is 2.45. The van der Waals surface area contributed by atoms with E-state index in [9.17, 15) is 24.5 Å². The maximum atomic E-state index is 13.9. The standard InChI is InChI=1S/C28H27N5O8/c1-30-14-20(18-5-3-4-6-22(18)30)24-25(21-15-31(2)23-13-17(33(38)39)7-8-19(21)23)27(36)32(26(24)35)16-41-28(37)29-9-11-40-12-10-34/h3-8,13-15,34H,9-12,16H2,1-2H3,(H,29,37). The number of benzene rings is 2. The number of hydrogen-bond acceptors (Lipinski definition) is 8. The van der Waals surface area contributed by atoms with Gasteiger partial charge in [0.15, 0.2) is 6.73 Å². The van der Waals surface area contributed by atoms with E-state index in [1.807, 2.05) is 35.9 Å². The van der Waals surface area contributed by atoms with Gasteiger partial charge in [-0.05, 0) is 12.1 Å². The molecule has 0 atom stereocenters.